The van der Waals surface area contributed by atoms with Crippen molar-refractivity contribution in [3.63, 3.8) is 0 Å². The summed E-state index contributed by atoms with van der Waals surface area (Å²) >= 11 is 0. The zero-order chi connectivity index (χ0) is 26.0. The molecule has 3 aliphatic rings. The molecule has 37 heavy (non-hydrogen) atoms. The number of hydrogen-bond acceptors (Lipinski definition) is 6. The highest BCUT2D eigenvalue weighted by Crippen LogP contribution is 2.57. The molecule has 2 aliphatic carbocycles. The molecule has 1 N–H and O–H groups in total. The lowest BCUT2D eigenvalue weighted by Gasteiger charge is -2.39. The normalized spacial score (nSPS) is 24.9. The quantitative estimate of drug-likeness (QED) is 0.446. The van der Waals surface area contributed by atoms with Gasteiger partial charge in [-0.1, -0.05) is 0 Å². The highest BCUT2D eigenvalue weighted by Gasteiger charge is 2.64. The van der Waals surface area contributed by atoms with E-state index in [-0.39, 0.29) is 36.5 Å². The third kappa shape index (κ3) is 4.42. The van der Waals surface area contributed by atoms with Gasteiger partial charge in [0, 0.05) is 37.2 Å². The second-order valence-electron chi connectivity index (χ2n) is 10.2. The van der Waals surface area contributed by atoms with E-state index in [1.165, 1.54) is 10.7 Å². The molecule has 3 atom stereocenters. The van der Waals surface area contributed by atoms with Crippen LogP contribution in [0.15, 0.2) is 36.7 Å². The monoisotopic (exact) mass is 526 g/mol. The van der Waals surface area contributed by atoms with Crippen molar-refractivity contribution in [2.75, 3.05) is 29.9 Å². The Labute approximate surface area is 207 Å². The summed E-state index contributed by atoms with van der Waals surface area (Å²) in [7, 11) is 0. The molecular weight excluding hydrogens is 502 g/mol. The molecule has 0 radical (unpaired) electrons. The Balaban J connectivity index is 1.16. The largest absolute Gasteiger partial charge is 0.489 e. The summed E-state index contributed by atoms with van der Waals surface area (Å²) in [6, 6.07) is 5.93. The zero-order valence-electron chi connectivity index (χ0n) is 19.6. The van der Waals surface area contributed by atoms with Crippen molar-refractivity contribution < 1.29 is 31.1 Å². The van der Waals surface area contributed by atoms with E-state index in [9.17, 15) is 26.3 Å². The summed E-state index contributed by atoms with van der Waals surface area (Å²) in [5.41, 5.74) is -1.88. The molecule has 1 aliphatic heterocycles. The van der Waals surface area contributed by atoms with Crippen LogP contribution in [0.3, 0.4) is 0 Å². The Morgan fingerprint density at radius 3 is 2.43 bits per heavy atom. The molecule has 6 rings (SSSR count). The summed E-state index contributed by atoms with van der Waals surface area (Å²) in [4.78, 5) is 9.91. The number of piperidine rings is 1. The SMILES string of the molecule is FC(F)(F)c1cc(N2C[C@H]3CC[C@@H](C2)C3Nc2nc3c(OCC4(C(F)(F)F)CC4)cccn3n2)ccn1. The number of nitrogens with zero attached hydrogens (tertiary/aromatic N) is 5. The van der Waals surface area contributed by atoms with E-state index in [1.807, 2.05) is 4.90 Å². The number of anilines is 2. The van der Waals surface area contributed by atoms with Crippen molar-refractivity contribution in [3.8, 4) is 5.75 Å². The smallest absolute Gasteiger partial charge is 0.433 e. The molecule has 0 aromatic carbocycles. The molecule has 1 unspecified atom stereocenters. The van der Waals surface area contributed by atoms with Gasteiger partial charge in [-0.2, -0.15) is 31.3 Å². The van der Waals surface area contributed by atoms with Gasteiger partial charge in [-0.3, -0.25) is 4.98 Å². The Hall–Kier alpha value is -3.25. The van der Waals surface area contributed by atoms with Crippen LogP contribution in [-0.2, 0) is 6.18 Å². The van der Waals surface area contributed by atoms with Gasteiger partial charge >= 0.3 is 12.4 Å². The molecular formula is C24H24F6N6O. The zero-order valence-corrected chi connectivity index (χ0v) is 19.6. The average molecular weight is 526 g/mol. The highest BCUT2D eigenvalue weighted by atomic mass is 19.4. The fraction of sp³-hybridized carbons (Fsp3) is 0.542. The molecule has 2 bridgehead atoms. The number of nitrogens with one attached hydrogen (secondary N) is 1. The number of fused-ring (bicyclic) bond motifs is 3. The first-order chi connectivity index (χ1) is 17.5. The lowest BCUT2D eigenvalue weighted by molar-refractivity contribution is -0.194. The first kappa shape index (κ1) is 24.1. The number of halogens is 6. The second-order valence-corrected chi connectivity index (χ2v) is 10.2. The summed E-state index contributed by atoms with van der Waals surface area (Å²) < 4.78 is 86.2. The number of ether oxygens (including phenoxy) is 1. The molecule has 3 aromatic heterocycles. The Morgan fingerprint density at radius 1 is 1.05 bits per heavy atom. The Kier molecular flexibility index (Phi) is 5.46. The van der Waals surface area contributed by atoms with E-state index in [2.05, 4.69) is 20.4 Å². The van der Waals surface area contributed by atoms with E-state index < -0.39 is 30.1 Å². The molecule has 2 saturated carbocycles. The van der Waals surface area contributed by atoms with Crippen LogP contribution in [0.25, 0.3) is 5.65 Å². The maximum absolute atomic E-state index is 13.3. The van der Waals surface area contributed by atoms with Gasteiger partial charge in [-0.05, 0) is 61.8 Å². The maximum atomic E-state index is 13.3. The summed E-state index contributed by atoms with van der Waals surface area (Å²) in [6.45, 7) is 0.701. The number of aromatic nitrogens is 4. The molecule has 7 nitrogen and oxygen atoms in total. The first-order valence-electron chi connectivity index (χ1n) is 12.1. The molecule has 198 valence electrons. The van der Waals surface area contributed by atoms with Crippen molar-refractivity contribution in [2.24, 2.45) is 17.3 Å². The predicted octanol–water partition coefficient (Wildman–Crippen LogP) is 5.19. The van der Waals surface area contributed by atoms with Crippen LogP contribution in [0, 0.1) is 17.3 Å². The third-order valence-electron chi connectivity index (χ3n) is 7.81. The number of rotatable bonds is 6. The van der Waals surface area contributed by atoms with Crippen LogP contribution in [0.4, 0.5) is 38.0 Å². The number of pyridine rings is 2. The molecule has 0 spiro atoms. The van der Waals surface area contributed by atoms with E-state index in [4.69, 9.17) is 4.74 Å². The van der Waals surface area contributed by atoms with Gasteiger partial charge in [0.25, 0.3) is 0 Å². The molecule has 3 fully saturated rings. The molecule has 1 saturated heterocycles. The minimum absolute atomic E-state index is 0.0296. The summed E-state index contributed by atoms with van der Waals surface area (Å²) in [6.07, 6.45) is -4.04. The predicted molar refractivity (Wildman–Crippen MR) is 121 cm³/mol. The Bertz CT molecular complexity index is 1290. The van der Waals surface area contributed by atoms with Gasteiger partial charge in [0.05, 0.1) is 0 Å². The molecule has 13 heteroatoms. The van der Waals surface area contributed by atoms with E-state index in [0.29, 0.717) is 30.4 Å². The van der Waals surface area contributed by atoms with Crippen molar-refractivity contribution in [1.82, 2.24) is 19.6 Å². The molecule has 3 aromatic rings. The first-order valence-corrected chi connectivity index (χ1v) is 12.1. The van der Waals surface area contributed by atoms with Crippen molar-refractivity contribution in [3.05, 3.63) is 42.4 Å². The third-order valence-corrected chi connectivity index (χ3v) is 7.81. The van der Waals surface area contributed by atoms with Crippen molar-refractivity contribution >= 4 is 17.3 Å². The van der Waals surface area contributed by atoms with Gasteiger partial charge < -0.3 is 15.0 Å². The van der Waals surface area contributed by atoms with Gasteiger partial charge in [0.2, 0.25) is 5.95 Å². The molecule has 4 heterocycles. The van der Waals surface area contributed by atoms with Gasteiger partial charge in [-0.15, -0.1) is 5.10 Å². The van der Waals surface area contributed by atoms with Crippen LogP contribution in [0.1, 0.15) is 31.4 Å². The van der Waals surface area contributed by atoms with Crippen molar-refractivity contribution in [1.29, 1.82) is 0 Å². The Morgan fingerprint density at radius 2 is 1.78 bits per heavy atom. The minimum atomic E-state index is -4.50. The van der Waals surface area contributed by atoms with Crippen LogP contribution in [0.2, 0.25) is 0 Å². The summed E-state index contributed by atoms with van der Waals surface area (Å²) in [5, 5.41) is 7.81. The fourth-order valence-corrected chi connectivity index (χ4v) is 5.52. The minimum Gasteiger partial charge on any atom is -0.489 e. The topological polar surface area (TPSA) is 67.6 Å². The summed E-state index contributed by atoms with van der Waals surface area (Å²) in [5.74, 6) is 0.913. The van der Waals surface area contributed by atoms with Crippen LogP contribution in [0.5, 0.6) is 5.75 Å². The number of alkyl halides is 6. The van der Waals surface area contributed by atoms with Gasteiger partial charge in [0.15, 0.2) is 11.4 Å². The van der Waals surface area contributed by atoms with E-state index in [0.717, 1.165) is 18.9 Å². The van der Waals surface area contributed by atoms with E-state index >= 15 is 0 Å². The second kappa shape index (κ2) is 8.38. The van der Waals surface area contributed by atoms with E-state index in [1.54, 1.807) is 24.4 Å². The lowest BCUT2D eigenvalue weighted by Crippen LogP contribution is -2.48. The lowest BCUT2D eigenvalue weighted by atomic mass is 9.92. The number of hydrogen-bond donors (Lipinski definition) is 1. The maximum Gasteiger partial charge on any atom is 0.433 e. The van der Waals surface area contributed by atoms with Crippen molar-refractivity contribution in [2.45, 2.75) is 44.1 Å². The average Bonchev–Trinajstić information content (AvgIpc) is 3.49. The highest BCUT2D eigenvalue weighted by molar-refractivity contribution is 5.56. The van der Waals surface area contributed by atoms with Crippen LogP contribution < -0.4 is 15.0 Å². The fourth-order valence-electron chi connectivity index (χ4n) is 5.52. The van der Waals surface area contributed by atoms with Crippen LogP contribution >= 0.6 is 0 Å². The standard InChI is InChI=1S/C24H24F6N6O/c25-23(26,27)18-10-16(5-8-31-18)35-11-14-3-4-15(12-35)19(14)32-21-33-20-17(2-1-9-36(20)34-21)37-13-22(6-7-22)24(28,29)30/h1-2,5,8-10,14-15,19H,3-4,6-7,11-13H2,(H,32,34)/t14-,15+,19?. The van der Waals surface area contributed by atoms with Gasteiger partial charge in [0.1, 0.15) is 17.7 Å². The van der Waals surface area contributed by atoms with Gasteiger partial charge in [-0.25, -0.2) is 4.52 Å². The molecule has 0 amide bonds. The van der Waals surface area contributed by atoms with Crippen LogP contribution in [-0.4, -0.2) is 51.5 Å².